The van der Waals surface area contributed by atoms with E-state index in [9.17, 15) is 13.2 Å². The lowest BCUT2D eigenvalue weighted by molar-refractivity contribution is 0.583. The summed E-state index contributed by atoms with van der Waals surface area (Å²) in [6.45, 7) is 3.77. The monoisotopic (exact) mass is 262 g/mol. The number of H-pyrrole nitrogens is 1. The minimum Gasteiger partial charge on any atom is -0.315 e. The van der Waals surface area contributed by atoms with Crippen LogP contribution in [0.15, 0.2) is 21.2 Å². The van der Waals surface area contributed by atoms with E-state index in [1.165, 1.54) is 0 Å². The van der Waals surface area contributed by atoms with Crippen LogP contribution in [0.3, 0.4) is 0 Å². The number of aromatic amines is 1. The van der Waals surface area contributed by atoms with Crippen molar-refractivity contribution in [2.24, 2.45) is 0 Å². The summed E-state index contributed by atoms with van der Waals surface area (Å²) >= 11 is 0.706. The third-order valence-electron chi connectivity index (χ3n) is 1.86. The van der Waals surface area contributed by atoms with Crippen LogP contribution in [-0.2, 0) is 10.0 Å². The molecule has 0 amide bonds. The number of nitrogens with one attached hydrogen (secondary N) is 2. The molecule has 0 spiro atoms. The van der Waals surface area contributed by atoms with Crippen LogP contribution in [0.2, 0.25) is 0 Å². The first-order chi connectivity index (χ1) is 7.47. The molecule has 0 fully saturated rings. The van der Waals surface area contributed by atoms with Crippen LogP contribution in [0.25, 0.3) is 0 Å². The molecule has 2 N–H and O–H groups in total. The Morgan fingerprint density at radius 2 is 2.19 bits per heavy atom. The van der Waals surface area contributed by atoms with Crippen LogP contribution in [0.4, 0.5) is 0 Å². The maximum Gasteiger partial charge on any atom is 0.305 e. The molecule has 0 aliphatic carbocycles. The van der Waals surface area contributed by atoms with Gasteiger partial charge in [-0.2, -0.15) is 0 Å². The van der Waals surface area contributed by atoms with Crippen molar-refractivity contribution in [2.45, 2.75) is 24.5 Å². The molecule has 5 nitrogen and oxygen atoms in total. The Kier molecular flexibility index (Phi) is 4.45. The van der Waals surface area contributed by atoms with Crippen molar-refractivity contribution in [3.63, 3.8) is 0 Å². The normalized spacial score (nSPS) is 12.4. The van der Waals surface area contributed by atoms with Crippen LogP contribution in [0, 0.1) is 6.92 Å². The highest BCUT2D eigenvalue weighted by atomic mass is 32.2. The molecule has 7 heteroatoms. The minimum atomic E-state index is -3.55. The molecule has 0 radical (unpaired) electrons. The van der Waals surface area contributed by atoms with Gasteiger partial charge in [-0.3, -0.25) is 4.79 Å². The van der Waals surface area contributed by atoms with Gasteiger partial charge in [-0.15, -0.1) is 0 Å². The molecule has 0 unspecified atom stereocenters. The number of hydrogen-bond donors (Lipinski definition) is 2. The summed E-state index contributed by atoms with van der Waals surface area (Å²) in [6, 6.07) is 0. The van der Waals surface area contributed by atoms with E-state index < -0.39 is 10.0 Å². The second-order valence-electron chi connectivity index (χ2n) is 3.18. The summed E-state index contributed by atoms with van der Waals surface area (Å²) in [5.41, 5.74) is 0.383. The van der Waals surface area contributed by atoms with Crippen LogP contribution in [0.1, 0.15) is 19.0 Å². The highest BCUT2D eigenvalue weighted by Gasteiger charge is 2.19. The van der Waals surface area contributed by atoms with Gasteiger partial charge in [0.2, 0.25) is 0 Å². The Morgan fingerprint density at radius 1 is 1.50 bits per heavy atom. The van der Waals surface area contributed by atoms with Gasteiger partial charge in [0, 0.05) is 12.2 Å². The molecule has 0 atom stereocenters. The zero-order valence-corrected chi connectivity index (χ0v) is 10.7. The topological polar surface area (TPSA) is 79.0 Å². The van der Waals surface area contributed by atoms with Crippen LogP contribution in [0.5, 0.6) is 0 Å². The minimum absolute atomic E-state index is 0.0676. The van der Waals surface area contributed by atoms with Gasteiger partial charge in [0.1, 0.15) is 0 Å². The van der Waals surface area contributed by atoms with E-state index in [0.29, 0.717) is 30.0 Å². The van der Waals surface area contributed by atoms with Crippen molar-refractivity contribution in [3.8, 4) is 0 Å². The van der Waals surface area contributed by atoms with E-state index in [2.05, 4.69) is 9.71 Å². The standard InChI is InChI=1S/C9H14N2O3S2/c1-3-4-5-6-10-16(13,14)8-7(2)11-9(12)15-8/h3-4,10H,5-6H2,1-2H3,(H,11,12)/b4-3+. The summed E-state index contributed by atoms with van der Waals surface area (Å²) in [4.78, 5) is 13.1. The van der Waals surface area contributed by atoms with E-state index in [1.807, 2.05) is 19.1 Å². The highest BCUT2D eigenvalue weighted by molar-refractivity contribution is 7.91. The lowest BCUT2D eigenvalue weighted by Gasteiger charge is -2.03. The van der Waals surface area contributed by atoms with Crippen molar-refractivity contribution < 1.29 is 8.42 Å². The van der Waals surface area contributed by atoms with Gasteiger partial charge in [-0.25, -0.2) is 13.1 Å². The summed E-state index contributed by atoms with van der Waals surface area (Å²) in [5, 5.41) is 0. The molecule has 0 aromatic carbocycles. The molecule has 0 aliphatic heterocycles. The third kappa shape index (κ3) is 3.29. The number of aromatic nitrogens is 1. The summed E-state index contributed by atoms with van der Waals surface area (Å²) < 4.78 is 26.0. The average Bonchev–Trinajstić information content (AvgIpc) is 2.53. The first-order valence-corrected chi connectivity index (χ1v) is 7.08. The predicted octanol–water partition coefficient (Wildman–Crippen LogP) is 0.989. The molecular weight excluding hydrogens is 248 g/mol. The van der Waals surface area contributed by atoms with E-state index in [0.717, 1.165) is 0 Å². The zero-order valence-electron chi connectivity index (χ0n) is 9.11. The second-order valence-corrected chi connectivity index (χ2v) is 6.13. The Bertz CT molecular complexity index is 525. The summed E-state index contributed by atoms with van der Waals surface area (Å²) in [6.07, 6.45) is 4.36. The van der Waals surface area contributed by atoms with Gasteiger partial charge >= 0.3 is 4.87 Å². The fraction of sp³-hybridized carbons (Fsp3) is 0.444. The van der Waals surface area contributed by atoms with Crippen molar-refractivity contribution in [1.29, 1.82) is 0 Å². The Labute approximate surface area is 98.3 Å². The lowest BCUT2D eigenvalue weighted by atomic mass is 10.4. The molecule has 16 heavy (non-hydrogen) atoms. The molecule has 1 aromatic rings. The fourth-order valence-electron chi connectivity index (χ4n) is 1.16. The van der Waals surface area contributed by atoms with E-state index in [1.54, 1.807) is 6.92 Å². The Balaban J connectivity index is 2.78. The Morgan fingerprint density at radius 3 is 2.69 bits per heavy atom. The molecule has 0 aliphatic rings. The first kappa shape index (κ1) is 13.1. The molecule has 0 saturated carbocycles. The van der Waals surface area contributed by atoms with Crippen molar-refractivity contribution in [1.82, 2.24) is 9.71 Å². The zero-order chi connectivity index (χ0) is 12.2. The highest BCUT2D eigenvalue weighted by Crippen LogP contribution is 2.15. The average molecular weight is 262 g/mol. The third-order valence-corrected chi connectivity index (χ3v) is 4.93. The number of rotatable bonds is 5. The molecule has 1 aromatic heterocycles. The predicted molar refractivity (Wildman–Crippen MR) is 64.3 cm³/mol. The maximum atomic E-state index is 11.7. The van der Waals surface area contributed by atoms with Crippen LogP contribution < -0.4 is 9.60 Å². The smallest absolute Gasteiger partial charge is 0.305 e. The summed E-state index contributed by atoms with van der Waals surface area (Å²) in [7, 11) is -3.55. The summed E-state index contributed by atoms with van der Waals surface area (Å²) in [5.74, 6) is 0. The molecular formula is C9H14N2O3S2. The van der Waals surface area contributed by atoms with Gasteiger partial charge in [0.15, 0.2) is 4.21 Å². The number of sulfonamides is 1. The van der Waals surface area contributed by atoms with Crippen molar-refractivity contribution >= 4 is 21.4 Å². The molecule has 1 rings (SSSR count). The van der Waals surface area contributed by atoms with Gasteiger partial charge in [-0.05, 0) is 20.3 Å². The number of hydrogen-bond acceptors (Lipinski definition) is 4. The largest absolute Gasteiger partial charge is 0.315 e. The van der Waals surface area contributed by atoms with Crippen molar-refractivity contribution in [2.75, 3.05) is 6.54 Å². The molecule has 1 heterocycles. The van der Waals surface area contributed by atoms with Crippen LogP contribution >= 0.6 is 11.3 Å². The number of allylic oxidation sites excluding steroid dienone is 1. The van der Waals surface area contributed by atoms with Gasteiger partial charge < -0.3 is 4.98 Å². The quantitative estimate of drug-likeness (QED) is 0.613. The molecule has 0 saturated heterocycles. The lowest BCUT2D eigenvalue weighted by Crippen LogP contribution is -2.24. The SMILES string of the molecule is C/C=C/CCNS(=O)(=O)c1sc(=O)[nH]c1C. The van der Waals surface area contributed by atoms with Crippen molar-refractivity contribution in [3.05, 3.63) is 27.5 Å². The number of aryl methyl sites for hydroxylation is 1. The van der Waals surface area contributed by atoms with Gasteiger partial charge in [0.05, 0.1) is 0 Å². The first-order valence-electron chi connectivity index (χ1n) is 4.78. The molecule has 0 bridgehead atoms. The maximum absolute atomic E-state index is 11.7. The van der Waals surface area contributed by atoms with Gasteiger partial charge in [0.25, 0.3) is 10.0 Å². The van der Waals surface area contributed by atoms with E-state index >= 15 is 0 Å². The molecule has 90 valence electrons. The van der Waals surface area contributed by atoms with Gasteiger partial charge in [-0.1, -0.05) is 23.5 Å². The second kappa shape index (κ2) is 5.42. The van der Waals surface area contributed by atoms with E-state index in [4.69, 9.17) is 0 Å². The van der Waals surface area contributed by atoms with E-state index in [-0.39, 0.29) is 9.08 Å². The Hall–Kier alpha value is -0.920. The fourth-order valence-corrected chi connectivity index (χ4v) is 3.55. The van der Waals surface area contributed by atoms with Crippen LogP contribution in [-0.4, -0.2) is 19.9 Å². The number of thiazole rings is 1.